The van der Waals surface area contributed by atoms with E-state index in [9.17, 15) is 13.6 Å². The molecule has 6 heteroatoms. The minimum absolute atomic E-state index is 0.183. The minimum Gasteiger partial charge on any atom is -0.352 e. The van der Waals surface area contributed by atoms with Gasteiger partial charge in [-0.15, -0.1) is 0 Å². The monoisotopic (exact) mass is 488 g/mol. The van der Waals surface area contributed by atoms with Crippen LogP contribution < -0.4 is 10.6 Å². The molecule has 1 amide bonds. The molecule has 0 bridgehead atoms. The number of aryl methyl sites for hydroxylation is 2. The van der Waals surface area contributed by atoms with Crippen LogP contribution in [0.25, 0.3) is 0 Å². The quantitative estimate of drug-likeness (QED) is 0.346. The molecule has 0 fully saturated rings. The van der Waals surface area contributed by atoms with Gasteiger partial charge >= 0.3 is 0 Å². The summed E-state index contributed by atoms with van der Waals surface area (Å²) in [5, 5.41) is 6.41. The summed E-state index contributed by atoms with van der Waals surface area (Å²) >= 11 is 4.79. The topological polar surface area (TPSA) is 41.1 Å². The highest BCUT2D eigenvalue weighted by Crippen LogP contribution is 2.34. The van der Waals surface area contributed by atoms with Crippen LogP contribution in [0.5, 0.6) is 0 Å². The van der Waals surface area contributed by atoms with Crippen LogP contribution >= 0.6 is 12.6 Å². The number of unbranched alkanes of at least 4 members (excludes halogenated alkanes) is 1. The Hall–Kier alpha value is -1.92. The van der Waals surface area contributed by atoms with Gasteiger partial charge < -0.3 is 10.6 Å². The van der Waals surface area contributed by atoms with Gasteiger partial charge in [0.15, 0.2) is 0 Å². The Morgan fingerprint density at radius 2 is 1.85 bits per heavy atom. The van der Waals surface area contributed by atoms with Crippen LogP contribution in [0.1, 0.15) is 80.3 Å². The molecule has 34 heavy (non-hydrogen) atoms. The summed E-state index contributed by atoms with van der Waals surface area (Å²) in [6.45, 7) is 6.47. The first kappa shape index (κ1) is 26.7. The molecule has 0 saturated carbocycles. The van der Waals surface area contributed by atoms with E-state index in [1.54, 1.807) is 0 Å². The Labute approximate surface area is 208 Å². The Morgan fingerprint density at radius 1 is 1.12 bits per heavy atom. The first-order valence-corrected chi connectivity index (χ1v) is 13.1. The van der Waals surface area contributed by atoms with Crippen molar-refractivity contribution in [3.63, 3.8) is 0 Å². The predicted molar refractivity (Wildman–Crippen MR) is 139 cm³/mol. The van der Waals surface area contributed by atoms with Crippen molar-refractivity contribution in [2.75, 3.05) is 6.54 Å². The minimum atomic E-state index is -0.616. The van der Waals surface area contributed by atoms with Crippen molar-refractivity contribution in [2.45, 2.75) is 89.5 Å². The molecular formula is C28H38F2N2OS. The standard InChI is InChI=1S/C28H38F2N2OS/c1-4-6-8-21-11-19(5-2)14-25-24(21)9-7-10-26(25)31-17-28(34)27(32-18(3)33)15-20-12-22(29)16-23(30)13-20/h11-14,16,26-28,31,34H,4-10,15,17H2,1-3H3,(H,32,33)/t26-,27-,28-/m0/s1. The van der Waals surface area contributed by atoms with E-state index < -0.39 is 11.6 Å². The third-order valence-electron chi connectivity index (χ3n) is 6.74. The zero-order chi connectivity index (χ0) is 24.7. The summed E-state index contributed by atoms with van der Waals surface area (Å²) in [6.07, 6.45) is 8.18. The molecule has 2 aromatic carbocycles. The lowest BCUT2D eigenvalue weighted by Crippen LogP contribution is -2.46. The molecule has 2 N–H and O–H groups in total. The highest BCUT2D eigenvalue weighted by atomic mass is 32.1. The maximum absolute atomic E-state index is 13.7. The van der Waals surface area contributed by atoms with E-state index in [4.69, 9.17) is 12.6 Å². The molecule has 0 heterocycles. The van der Waals surface area contributed by atoms with E-state index in [0.29, 0.717) is 18.5 Å². The average molecular weight is 489 g/mol. The van der Waals surface area contributed by atoms with Gasteiger partial charge in [-0.2, -0.15) is 12.6 Å². The molecule has 0 saturated heterocycles. The highest BCUT2D eigenvalue weighted by Gasteiger charge is 2.26. The van der Waals surface area contributed by atoms with Crippen molar-refractivity contribution in [3.05, 3.63) is 69.8 Å². The first-order valence-electron chi connectivity index (χ1n) is 12.6. The number of fused-ring (bicyclic) bond motifs is 1. The van der Waals surface area contributed by atoms with Gasteiger partial charge in [-0.25, -0.2) is 8.78 Å². The summed E-state index contributed by atoms with van der Waals surface area (Å²) in [5.41, 5.74) is 6.28. The Bertz CT molecular complexity index is 961. The van der Waals surface area contributed by atoms with Crippen molar-refractivity contribution in [1.29, 1.82) is 0 Å². The largest absolute Gasteiger partial charge is 0.352 e. The normalized spacial score (nSPS) is 17.2. The van der Waals surface area contributed by atoms with Crippen LogP contribution in [0.15, 0.2) is 30.3 Å². The number of benzene rings is 2. The molecule has 1 aliphatic rings. The molecule has 3 nitrogen and oxygen atoms in total. The summed E-state index contributed by atoms with van der Waals surface area (Å²) in [5.74, 6) is -1.42. The second-order valence-electron chi connectivity index (χ2n) is 9.49. The van der Waals surface area contributed by atoms with Crippen LogP contribution in [0.2, 0.25) is 0 Å². The van der Waals surface area contributed by atoms with E-state index in [1.807, 2.05) is 0 Å². The molecule has 1 aliphatic carbocycles. The predicted octanol–water partition coefficient (Wildman–Crippen LogP) is 5.88. The Morgan fingerprint density at radius 3 is 2.50 bits per heavy atom. The number of rotatable bonds is 11. The van der Waals surface area contributed by atoms with E-state index in [2.05, 4.69) is 36.6 Å². The second kappa shape index (κ2) is 12.7. The molecule has 0 radical (unpaired) electrons. The van der Waals surface area contributed by atoms with Gasteiger partial charge in [0.25, 0.3) is 0 Å². The maximum atomic E-state index is 13.7. The number of hydrogen-bond acceptors (Lipinski definition) is 3. The number of nitrogens with one attached hydrogen (secondary N) is 2. The van der Waals surface area contributed by atoms with Crippen LogP contribution in [0.3, 0.4) is 0 Å². The van der Waals surface area contributed by atoms with Gasteiger partial charge in [0.05, 0.1) is 0 Å². The van der Waals surface area contributed by atoms with Crippen molar-refractivity contribution < 1.29 is 13.6 Å². The smallest absolute Gasteiger partial charge is 0.217 e. The third kappa shape index (κ3) is 7.29. The van der Waals surface area contributed by atoms with Gasteiger partial charge in [0.2, 0.25) is 5.91 Å². The van der Waals surface area contributed by atoms with Crippen molar-refractivity contribution in [1.82, 2.24) is 10.6 Å². The van der Waals surface area contributed by atoms with E-state index >= 15 is 0 Å². The molecule has 186 valence electrons. The number of hydrogen-bond donors (Lipinski definition) is 3. The lowest BCUT2D eigenvalue weighted by molar-refractivity contribution is -0.119. The first-order chi connectivity index (χ1) is 16.3. The Balaban J connectivity index is 1.74. The molecule has 0 unspecified atom stereocenters. The van der Waals surface area contributed by atoms with Crippen LogP contribution in [0, 0.1) is 11.6 Å². The fourth-order valence-electron chi connectivity index (χ4n) is 5.02. The van der Waals surface area contributed by atoms with Crippen LogP contribution in [-0.4, -0.2) is 23.7 Å². The SMILES string of the molecule is CCCCc1cc(CC)cc2c1CCC[C@@H]2NC[C@H](S)[C@H](Cc1cc(F)cc(F)c1)NC(C)=O. The van der Waals surface area contributed by atoms with Crippen LogP contribution in [0.4, 0.5) is 8.78 Å². The number of carbonyl (C=O) groups excluding carboxylic acids is 1. The summed E-state index contributed by atoms with van der Waals surface area (Å²) < 4.78 is 27.4. The lowest BCUT2D eigenvalue weighted by Gasteiger charge is -2.32. The molecule has 0 spiro atoms. The number of thiol groups is 1. The van der Waals surface area contributed by atoms with E-state index in [1.165, 1.54) is 54.2 Å². The number of amides is 1. The number of carbonyl (C=O) groups is 1. The second-order valence-corrected chi connectivity index (χ2v) is 10.2. The molecule has 2 aromatic rings. The number of halogens is 2. The summed E-state index contributed by atoms with van der Waals surface area (Å²) in [4.78, 5) is 11.8. The molecule has 3 rings (SSSR count). The van der Waals surface area contributed by atoms with Crippen molar-refractivity contribution in [3.8, 4) is 0 Å². The van der Waals surface area contributed by atoms with Gasteiger partial charge in [-0.3, -0.25) is 4.79 Å². The molecule has 3 atom stereocenters. The van der Waals surface area contributed by atoms with Crippen molar-refractivity contribution >= 4 is 18.5 Å². The van der Waals surface area contributed by atoms with Gasteiger partial charge in [-0.1, -0.05) is 32.4 Å². The fraction of sp³-hybridized carbons (Fsp3) is 0.536. The lowest BCUT2D eigenvalue weighted by atomic mass is 9.82. The maximum Gasteiger partial charge on any atom is 0.217 e. The van der Waals surface area contributed by atoms with Crippen LogP contribution in [-0.2, 0) is 30.5 Å². The summed E-state index contributed by atoms with van der Waals surface area (Å²) in [7, 11) is 0. The highest BCUT2D eigenvalue weighted by molar-refractivity contribution is 7.81. The van der Waals surface area contributed by atoms with Gasteiger partial charge in [-0.05, 0) is 84.9 Å². The van der Waals surface area contributed by atoms with Gasteiger partial charge in [0.1, 0.15) is 11.6 Å². The Kier molecular flexibility index (Phi) is 9.96. The fourth-order valence-corrected chi connectivity index (χ4v) is 5.30. The zero-order valence-electron chi connectivity index (χ0n) is 20.6. The van der Waals surface area contributed by atoms with Gasteiger partial charge in [0, 0.05) is 36.9 Å². The third-order valence-corrected chi connectivity index (χ3v) is 7.29. The van der Waals surface area contributed by atoms with E-state index in [-0.39, 0.29) is 23.2 Å². The van der Waals surface area contributed by atoms with E-state index in [0.717, 1.165) is 38.2 Å². The molecule has 0 aromatic heterocycles. The molecular weight excluding hydrogens is 450 g/mol. The average Bonchev–Trinajstić information content (AvgIpc) is 2.79. The van der Waals surface area contributed by atoms with Crippen molar-refractivity contribution in [2.24, 2.45) is 0 Å². The summed E-state index contributed by atoms with van der Waals surface area (Å²) in [6, 6.07) is 8.13. The molecule has 0 aliphatic heterocycles. The zero-order valence-corrected chi connectivity index (χ0v) is 21.5.